The van der Waals surface area contributed by atoms with E-state index in [2.05, 4.69) is 9.88 Å². The fourth-order valence-electron chi connectivity index (χ4n) is 3.30. The number of carbonyl (C=O) groups is 1. The first-order valence-corrected chi connectivity index (χ1v) is 9.68. The van der Waals surface area contributed by atoms with Crippen molar-refractivity contribution in [1.82, 2.24) is 9.55 Å². The van der Waals surface area contributed by atoms with Gasteiger partial charge < -0.3 is 10.1 Å². The zero-order chi connectivity index (χ0) is 20.2. The van der Waals surface area contributed by atoms with Gasteiger partial charge in [0.1, 0.15) is 11.6 Å². The molecule has 1 amide bonds. The quantitative estimate of drug-likeness (QED) is 0.476. The van der Waals surface area contributed by atoms with Crippen molar-refractivity contribution >= 4 is 34.2 Å². The van der Waals surface area contributed by atoms with E-state index < -0.39 is 0 Å². The van der Waals surface area contributed by atoms with E-state index in [4.69, 9.17) is 21.3 Å². The second-order valence-electron chi connectivity index (χ2n) is 6.59. The van der Waals surface area contributed by atoms with Crippen molar-refractivity contribution in [2.75, 3.05) is 12.4 Å². The van der Waals surface area contributed by atoms with E-state index in [1.54, 1.807) is 25.3 Å². The number of rotatable bonds is 6. The Morgan fingerprint density at radius 2 is 1.83 bits per heavy atom. The van der Waals surface area contributed by atoms with Crippen molar-refractivity contribution in [1.29, 1.82) is 0 Å². The number of nitrogens with zero attached hydrogens (tertiary/aromatic N) is 2. The molecule has 1 N–H and O–H groups in total. The predicted octanol–water partition coefficient (Wildman–Crippen LogP) is 5.26. The van der Waals surface area contributed by atoms with E-state index in [1.807, 2.05) is 54.6 Å². The van der Waals surface area contributed by atoms with Gasteiger partial charge in [-0.2, -0.15) is 0 Å². The summed E-state index contributed by atoms with van der Waals surface area (Å²) in [6, 6.07) is 23.2. The monoisotopic (exact) mass is 405 g/mol. The first-order valence-electron chi connectivity index (χ1n) is 9.31. The lowest BCUT2D eigenvalue weighted by atomic mass is 10.2. The number of hydrogen-bond acceptors (Lipinski definition) is 3. The summed E-state index contributed by atoms with van der Waals surface area (Å²) in [5.41, 5.74) is 3.60. The third-order valence-electron chi connectivity index (χ3n) is 4.66. The summed E-state index contributed by atoms with van der Waals surface area (Å²) in [6.45, 7) is 0. The standard InChI is InChI=1S/C23H20ClN3O2/c1-29-21-12-11-16(15-18(21)24)25-23(28)14-13-22-26-19-9-5-6-10-20(19)27(22)17-7-3-2-4-8-17/h2-12,15H,13-14H2,1H3,(H,25,28). The van der Waals surface area contributed by atoms with E-state index in [1.165, 1.54) is 0 Å². The molecule has 0 aliphatic rings. The number of amides is 1. The minimum Gasteiger partial charge on any atom is -0.495 e. The van der Waals surface area contributed by atoms with Crippen LogP contribution in [-0.4, -0.2) is 22.6 Å². The third kappa shape index (κ3) is 4.10. The number of nitrogens with one attached hydrogen (secondary N) is 1. The molecule has 0 aliphatic carbocycles. The van der Waals surface area contributed by atoms with E-state index in [-0.39, 0.29) is 5.91 Å². The number of methoxy groups -OCH3 is 1. The molecule has 3 aromatic carbocycles. The number of imidazole rings is 1. The molecule has 29 heavy (non-hydrogen) atoms. The molecular weight excluding hydrogens is 386 g/mol. The van der Waals surface area contributed by atoms with Gasteiger partial charge in [0.25, 0.3) is 0 Å². The molecule has 0 unspecified atom stereocenters. The molecule has 4 aromatic rings. The Hall–Kier alpha value is -3.31. The van der Waals surface area contributed by atoms with Gasteiger partial charge in [-0.3, -0.25) is 9.36 Å². The highest BCUT2D eigenvalue weighted by Gasteiger charge is 2.14. The normalized spacial score (nSPS) is 10.8. The number of para-hydroxylation sites is 3. The Morgan fingerprint density at radius 1 is 1.07 bits per heavy atom. The van der Waals surface area contributed by atoms with Gasteiger partial charge in [-0.15, -0.1) is 0 Å². The summed E-state index contributed by atoms with van der Waals surface area (Å²) < 4.78 is 7.24. The lowest BCUT2D eigenvalue weighted by molar-refractivity contribution is -0.116. The highest BCUT2D eigenvalue weighted by atomic mass is 35.5. The summed E-state index contributed by atoms with van der Waals surface area (Å²) >= 11 is 6.13. The van der Waals surface area contributed by atoms with Gasteiger partial charge in [0.2, 0.25) is 5.91 Å². The molecule has 0 bridgehead atoms. The Morgan fingerprint density at radius 3 is 2.59 bits per heavy atom. The van der Waals surface area contributed by atoms with Crippen LogP contribution in [0.1, 0.15) is 12.2 Å². The van der Waals surface area contributed by atoms with Crippen LogP contribution in [0.15, 0.2) is 72.8 Å². The second-order valence-corrected chi connectivity index (χ2v) is 6.99. The zero-order valence-electron chi connectivity index (χ0n) is 15.9. The van der Waals surface area contributed by atoms with Crippen LogP contribution in [0.2, 0.25) is 5.02 Å². The smallest absolute Gasteiger partial charge is 0.224 e. The van der Waals surface area contributed by atoms with E-state index in [9.17, 15) is 4.79 Å². The fourth-order valence-corrected chi connectivity index (χ4v) is 3.56. The maximum absolute atomic E-state index is 12.5. The molecule has 1 aromatic heterocycles. The lowest BCUT2D eigenvalue weighted by Gasteiger charge is -2.10. The molecule has 0 atom stereocenters. The van der Waals surface area contributed by atoms with Crippen molar-refractivity contribution in [3.05, 3.63) is 83.6 Å². The van der Waals surface area contributed by atoms with E-state index >= 15 is 0 Å². The maximum Gasteiger partial charge on any atom is 0.224 e. The van der Waals surface area contributed by atoms with Crippen molar-refractivity contribution in [2.24, 2.45) is 0 Å². The summed E-state index contributed by atoms with van der Waals surface area (Å²) in [6.07, 6.45) is 0.819. The van der Waals surface area contributed by atoms with Gasteiger partial charge in [-0.1, -0.05) is 41.9 Å². The Balaban J connectivity index is 1.54. The Bertz CT molecular complexity index is 1160. The van der Waals surface area contributed by atoms with Gasteiger partial charge in [0.05, 0.1) is 23.2 Å². The predicted molar refractivity (Wildman–Crippen MR) is 116 cm³/mol. The average Bonchev–Trinajstić information content (AvgIpc) is 3.11. The molecule has 5 nitrogen and oxygen atoms in total. The minimum atomic E-state index is -0.0992. The largest absolute Gasteiger partial charge is 0.495 e. The first-order chi connectivity index (χ1) is 14.2. The molecule has 0 saturated heterocycles. The van der Waals surface area contributed by atoms with Crippen LogP contribution in [0.3, 0.4) is 0 Å². The second kappa shape index (κ2) is 8.37. The van der Waals surface area contributed by atoms with E-state index in [0.29, 0.717) is 29.3 Å². The van der Waals surface area contributed by atoms with Gasteiger partial charge in [0.15, 0.2) is 0 Å². The SMILES string of the molecule is COc1ccc(NC(=O)CCc2nc3ccccc3n2-c2ccccc2)cc1Cl. The fraction of sp³-hybridized carbons (Fsp3) is 0.130. The van der Waals surface area contributed by atoms with Gasteiger partial charge >= 0.3 is 0 Å². The molecule has 0 spiro atoms. The molecule has 6 heteroatoms. The van der Waals surface area contributed by atoms with Crippen LogP contribution in [0.25, 0.3) is 16.7 Å². The molecule has 146 valence electrons. The molecule has 0 aliphatic heterocycles. The molecule has 1 heterocycles. The third-order valence-corrected chi connectivity index (χ3v) is 4.95. The van der Waals surface area contributed by atoms with Crippen LogP contribution >= 0.6 is 11.6 Å². The van der Waals surface area contributed by atoms with Crippen molar-refractivity contribution in [2.45, 2.75) is 12.8 Å². The van der Waals surface area contributed by atoms with Crippen LogP contribution in [0.4, 0.5) is 5.69 Å². The van der Waals surface area contributed by atoms with E-state index in [0.717, 1.165) is 22.5 Å². The van der Waals surface area contributed by atoms with Crippen LogP contribution < -0.4 is 10.1 Å². The highest BCUT2D eigenvalue weighted by Crippen LogP contribution is 2.27. The number of anilines is 1. The molecule has 4 rings (SSSR count). The number of fused-ring (bicyclic) bond motifs is 1. The molecular formula is C23H20ClN3O2. The van der Waals surface area contributed by atoms with Crippen molar-refractivity contribution in [3.63, 3.8) is 0 Å². The molecule has 0 saturated carbocycles. The first kappa shape index (κ1) is 19.0. The summed E-state index contributed by atoms with van der Waals surface area (Å²) in [5.74, 6) is 1.32. The Kier molecular flexibility index (Phi) is 5.49. The number of hydrogen-bond donors (Lipinski definition) is 1. The summed E-state index contributed by atoms with van der Waals surface area (Å²) in [4.78, 5) is 17.2. The molecule has 0 fully saturated rings. The lowest BCUT2D eigenvalue weighted by Crippen LogP contribution is -2.14. The van der Waals surface area contributed by atoms with Gasteiger partial charge in [-0.25, -0.2) is 4.98 Å². The number of aryl methyl sites for hydroxylation is 1. The van der Waals surface area contributed by atoms with Crippen LogP contribution in [0.5, 0.6) is 5.75 Å². The number of halogens is 1. The number of ether oxygens (including phenoxy) is 1. The summed E-state index contributed by atoms with van der Waals surface area (Å²) in [7, 11) is 1.55. The highest BCUT2D eigenvalue weighted by molar-refractivity contribution is 6.32. The topological polar surface area (TPSA) is 56.1 Å². The Labute approximate surface area is 173 Å². The average molecular weight is 406 g/mol. The molecule has 0 radical (unpaired) electrons. The van der Waals surface area contributed by atoms with Gasteiger partial charge in [-0.05, 0) is 42.5 Å². The maximum atomic E-state index is 12.5. The van der Waals surface area contributed by atoms with Crippen LogP contribution in [-0.2, 0) is 11.2 Å². The number of carbonyl (C=O) groups excluding carboxylic acids is 1. The van der Waals surface area contributed by atoms with Crippen molar-refractivity contribution in [3.8, 4) is 11.4 Å². The summed E-state index contributed by atoms with van der Waals surface area (Å²) in [5, 5.41) is 3.34. The minimum absolute atomic E-state index is 0.0992. The van der Waals surface area contributed by atoms with Crippen LogP contribution in [0, 0.1) is 0 Å². The van der Waals surface area contributed by atoms with Crippen molar-refractivity contribution < 1.29 is 9.53 Å². The zero-order valence-corrected chi connectivity index (χ0v) is 16.7. The number of aromatic nitrogens is 2. The van der Waals surface area contributed by atoms with Gasteiger partial charge in [0, 0.05) is 24.2 Å². The number of benzene rings is 3.